The minimum Gasteiger partial charge on any atom is -0.314 e. The van der Waals surface area contributed by atoms with Crippen molar-refractivity contribution in [2.24, 2.45) is 5.92 Å². The maximum Gasteiger partial charge on any atom is 0.152 e. The predicted octanol–water partition coefficient (Wildman–Crippen LogP) is 1.46. The Hall–Kier alpha value is -0.130. The molecule has 2 heterocycles. The van der Waals surface area contributed by atoms with Crippen LogP contribution in [0.15, 0.2) is 0 Å². The summed E-state index contributed by atoms with van der Waals surface area (Å²) in [6, 6.07) is 1.15. The van der Waals surface area contributed by atoms with Gasteiger partial charge >= 0.3 is 0 Å². The van der Waals surface area contributed by atoms with E-state index in [9.17, 15) is 8.42 Å². The van der Waals surface area contributed by atoms with Crippen LogP contribution in [0, 0.1) is 5.92 Å². The summed E-state index contributed by atoms with van der Waals surface area (Å²) in [4.78, 5) is 0. The molecule has 3 rings (SSSR count). The highest BCUT2D eigenvalue weighted by Gasteiger charge is 2.42. The van der Waals surface area contributed by atoms with Crippen molar-refractivity contribution in [1.82, 2.24) is 10.6 Å². The molecule has 0 aromatic heterocycles. The van der Waals surface area contributed by atoms with E-state index in [0.717, 1.165) is 13.0 Å². The Bertz CT molecular complexity index is 445. The molecule has 5 heteroatoms. The van der Waals surface area contributed by atoms with Gasteiger partial charge < -0.3 is 10.6 Å². The fourth-order valence-corrected chi connectivity index (χ4v) is 6.57. The summed E-state index contributed by atoms with van der Waals surface area (Å²) >= 11 is 0. The molecule has 2 aliphatic heterocycles. The molecule has 4 atom stereocenters. The average Bonchev–Trinajstić information content (AvgIpc) is 2.98. The lowest BCUT2D eigenvalue weighted by atomic mass is 9.78. The molecule has 0 aromatic rings. The fourth-order valence-electron chi connectivity index (χ4n) is 4.47. The zero-order valence-electron chi connectivity index (χ0n) is 12.5. The van der Waals surface area contributed by atoms with Crippen LogP contribution in [0.3, 0.4) is 0 Å². The van der Waals surface area contributed by atoms with Crippen LogP contribution >= 0.6 is 0 Å². The van der Waals surface area contributed by atoms with Crippen LogP contribution in [0.1, 0.15) is 51.9 Å². The Morgan fingerprint density at radius 3 is 2.60 bits per heavy atom. The molecule has 3 fully saturated rings. The third-order valence-corrected chi connectivity index (χ3v) is 7.37. The standard InChI is InChI=1S/C15H28N2O2S/c1-15(8-10-20(18,19)11-15)17-14-6-3-2-5-12(14)13-7-4-9-16-13/h12-14,16-17H,2-11H2,1H3. The summed E-state index contributed by atoms with van der Waals surface area (Å²) in [5.74, 6) is 1.36. The molecule has 0 radical (unpaired) electrons. The maximum atomic E-state index is 11.8. The molecule has 1 aliphatic carbocycles. The van der Waals surface area contributed by atoms with E-state index in [-0.39, 0.29) is 5.54 Å². The molecule has 2 saturated heterocycles. The summed E-state index contributed by atoms with van der Waals surface area (Å²) in [5.41, 5.74) is -0.197. The van der Waals surface area contributed by atoms with Crippen molar-refractivity contribution in [1.29, 1.82) is 0 Å². The van der Waals surface area contributed by atoms with Gasteiger partial charge in [0.25, 0.3) is 0 Å². The predicted molar refractivity (Wildman–Crippen MR) is 81.6 cm³/mol. The molecular formula is C15H28N2O2S. The maximum absolute atomic E-state index is 11.8. The second-order valence-corrected chi connectivity index (χ2v) is 9.49. The topological polar surface area (TPSA) is 58.2 Å². The van der Waals surface area contributed by atoms with Gasteiger partial charge in [0.1, 0.15) is 0 Å². The number of sulfone groups is 1. The molecule has 0 bridgehead atoms. The largest absolute Gasteiger partial charge is 0.314 e. The smallest absolute Gasteiger partial charge is 0.152 e. The van der Waals surface area contributed by atoms with Crippen LogP contribution in [0.5, 0.6) is 0 Å². The highest BCUT2D eigenvalue weighted by molar-refractivity contribution is 7.91. The summed E-state index contributed by atoms with van der Waals surface area (Å²) in [5, 5.41) is 7.41. The Labute approximate surface area is 123 Å². The van der Waals surface area contributed by atoms with Crippen molar-refractivity contribution in [3.8, 4) is 0 Å². The van der Waals surface area contributed by atoms with Crippen molar-refractivity contribution in [2.75, 3.05) is 18.1 Å². The van der Waals surface area contributed by atoms with Crippen LogP contribution in [-0.4, -0.2) is 44.1 Å². The second kappa shape index (κ2) is 5.58. The van der Waals surface area contributed by atoms with Gasteiger partial charge in [-0.1, -0.05) is 12.8 Å². The Balaban J connectivity index is 1.67. The Kier molecular flexibility index (Phi) is 4.13. The van der Waals surface area contributed by atoms with Crippen LogP contribution in [0.25, 0.3) is 0 Å². The van der Waals surface area contributed by atoms with E-state index in [1.165, 1.54) is 38.5 Å². The van der Waals surface area contributed by atoms with Crippen LogP contribution in [0.2, 0.25) is 0 Å². The molecule has 4 unspecified atom stereocenters. The van der Waals surface area contributed by atoms with Gasteiger partial charge in [-0.3, -0.25) is 0 Å². The first kappa shape index (κ1) is 14.8. The van der Waals surface area contributed by atoms with Gasteiger partial charge in [-0.25, -0.2) is 8.42 Å². The van der Waals surface area contributed by atoms with Crippen molar-refractivity contribution in [3.63, 3.8) is 0 Å². The first-order valence-corrected chi connectivity index (χ1v) is 10.0. The molecule has 2 N–H and O–H groups in total. The minimum absolute atomic E-state index is 0.197. The van der Waals surface area contributed by atoms with E-state index >= 15 is 0 Å². The SMILES string of the molecule is CC1(NC2CCCCC2C2CCCN2)CCS(=O)(=O)C1. The molecular weight excluding hydrogens is 272 g/mol. The number of hydrogen-bond acceptors (Lipinski definition) is 4. The van der Waals surface area contributed by atoms with Crippen LogP contribution in [0.4, 0.5) is 0 Å². The van der Waals surface area contributed by atoms with E-state index in [2.05, 4.69) is 17.6 Å². The van der Waals surface area contributed by atoms with E-state index in [4.69, 9.17) is 0 Å². The van der Waals surface area contributed by atoms with Crippen molar-refractivity contribution < 1.29 is 8.42 Å². The van der Waals surface area contributed by atoms with Gasteiger partial charge in [-0.15, -0.1) is 0 Å². The summed E-state index contributed by atoms with van der Waals surface area (Å²) in [6.45, 7) is 3.25. The van der Waals surface area contributed by atoms with Gasteiger partial charge in [0.15, 0.2) is 9.84 Å². The van der Waals surface area contributed by atoms with Crippen LogP contribution < -0.4 is 10.6 Å². The molecule has 0 amide bonds. The number of rotatable bonds is 3. The lowest BCUT2D eigenvalue weighted by molar-refractivity contribution is 0.179. The van der Waals surface area contributed by atoms with E-state index in [0.29, 0.717) is 29.5 Å². The average molecular weight is 300 g/mol. The Morgan fingerprint density at radius 2 is 1.95 bits per heavy atom. The van der Waals surface area contributed by atoms with Gasteiger partial charge in [0.05, 0.1) is 11.5 Å². The first-order valence-electron chi connectivity index (χ1n) is 8.19. The van der Waals surface area contributed by atoms with Gasteiger partial charge in [-0.05, 0) is 51.5 Å². The van der Waals surface area contributed by atoms with Gasteiger partial charge in [0.2, 0.25) is 0 Å². The van der Waals surface area contributed by atoms with E-state index < -0.39 is 9.84 Å². The fraction of sp³-hybridized carbons (Fsp3) is 1.00. The van der Waals surface area contributed by atoms with E-state index in [1.807, 2.05) is 0 Å². The Morgan fingerprint density at radius 1 is 1.15 bits per heavy atom. The zero-order valence-corrected chi connectivity index (χ0v) is 13.3. The second-order valence-electron chi connectivity index (χ2n) is 7.30. The normalized spacial score (nSPS) is 44.8. The first-order chi connectivity index (χ1) is 9.48. The minimum atomic E-state index is -2.82. The third-order valence-electron chi connectivity index (χ3n) is 5.47. The lowest BCUT2D eigenvalue weighted by Gasteiger charge is -2.41. The molecule has 4 nitrogen and oxygen atoms in total. The highest BCUT2D eigenvalue weighted by atomic mass is 32.2. The van der Waals surface area contributed by atoms with Gasteiger partial charge in [-0.2, -0.15) is 0 Å². The number of hydrogen-bond donors (Lipinski definition) is 2. The summed E-state index contributed by atoms with van der Waals surface area (Å²) in [7, 11) is -2.82. The van der Waals surface area contributed by atoms with Crippen molar-refractivity contribution >= 4 is 9.84 Å². The molecule has 20 heavy (non-hydrogen) atoms. The molecule has 3 aliphatic rings. The third kappa shape index (κ3) is 3.20. The van der Waals surface area contributed by atoms with Crippen LogP contribution in [-0.2, 0) is 9.84 Å². The number of nitrogens with one attached hydrogen (secondary N) is 2. The molecule has 116 valence electrons. The van der Waals surface area contributed by atoms with Crippen molar-refractivity contribution in [3.05, 3.63) is 0 Å². The lowest BCUT2D eigenvalue weighted by Crippen LogP contribution is -2.55. The molecule has 0 spiro atoms. The van der Waals surface area contributed by atoms with Gasteiger partial charge in [0, 0.05) is 17.6 Å². The molecule has 1 saturated carbocycles. The van der Waals surface area contributed by atoms with Crippen molar-refractivity contribution in [2.45, 2.75) is 69.5 Å². The monoisotopic (exact) mass is 300 g/mol. The quantitative estimate of drug-likeness (QED) is 0.828. The summed E-state index contributed by atoms with van der Waals surface area (Å²) in [6.07, 6.45) is 8.46. The zero-order chi connectivity index (χ0) is 14.2. The van der Waals surface area contributed by atoms with E-state index in [1.54, 1.807) is 0 Å². The molecule has 0 aromatic carbocycles. The summed E-state index contributed by atoms with van der Waals surface area (Å²) < 4.78 is 23.5. The highest BCUT2D eigenvalue weighted by Crippen LogP contribution is 2.33.